The fraction of sp³-hybridized carbons (Fsp3) is 0.231. The highest BCUT2D eigenvalue weighted by Gasteiger charge is 2.09. The van der Waals surface area contributed by atoms with E-state index in [1.165, 1.54) is 14.2 Å². The summed E-state index contributed by atoms with van der Waals surface area (Å²) in [5.74, 6) is 1.07. The van der Waals surface area contributed by atoms with Crippen LogP contribution in [0.5, 0.6) is 11.5 Å². The molecule has 17 heavy (non-hydrogen) atoms. The summed E-state index contributed by atoms with van der Waals surface area (Å²) < 4.78 is 10.4. The molecule has 4 nitrogen and oxygen atoms in total. The van der Waals surface area contributed by atoms with Gasteiger partial charge in [0, 0.05) is 12.0 Å². The second-order valence-corrected chi connectivity index (χ2v) is 3.26. The Kier molecular flexibility index (Phi) is 4.94. The summed E-state index contributed by atoms with van der Waals surface area (Å²) >= 11 is 0. The minimum Gasteiger partial charge on any atom is -0.496 e. The third kappa shape index (κ3) is 3.17. The second kappa shape index (κ2) is 6.48. The van der Waals surface area contributed by atoms with Crippen molar-refractivity contribution in [1.29, 1.82) is 0 Å². The van der Waals surface area contributed by atoms with E-state index in [0.29, 0.717) is 29.0 Å². The molecule has 0 saturated carbocycles. The summed E-state index contributed by atoms with van der Waals surface area (Å²) in [4.78, 5) is 21.0. The van der Waals surface area contributed by atoms with Crippen molar-refractivity contribution in [1.82, 2.24) is 0 Å². The molecule has 90 valence electrons. The van der Waals surface area contributed by atoms with E-state index in [4.69, 9.17) is 9.47 Å². The Balaban J connectivity index is 3.23. The molecule has 0 saturated heterocycles. The molecule has 4 heteroatoms. The van der Waals surface area contributed by atoms with Crippen LogP contribution in [0.3, 0.4) is 0 Å². The fourth-order valence-electron chi connectivity index (χ4n) is 1.43. The van der Waals surface area contributed by atoms with E-state index in [1.54, 1.807) is 24.3 Å². The third-order valence-corrected chi connectivity index (χ3v) is 2.22. The van der Waals surface area contributed by atoms with Crippen LogP contribution in [0, 0.1) is 0 Å². The van der Waals surface area contributed by atoms with Crippen molar-refractivity contribution < 1.29 is 19.1 Å². The van der Waals surface area contributed by atoms with Crippen molar-refractivity contribution >= 4 is 18.6 Å². The van der Waals surface area contributed by atoms with Gasteiger partial charge in [-0.15, -0.1) is 0 Å². The lowest BCUT2D eigenvalue weighted by Gasteiger charge is -2.10. The highest BCUT2D eigenvalue weighted by atomic mass is 16.5. The molecule has 0 aliphatic heterocycles. The van der Waals surface area contributed by atoms with Crippen molar-refractivity contribution in [2.45, 2.75) is 6.42 Å². The highest BCUT2D eigenvalue weighted by Crippen LogP contribution is 2.31. The van der Waals surface area contributed by atoms with Crippen molar-refractivity contribution in [2.24, 2.45) is 0 Å². The number of carbonyl (C=O) groups excluding carboxylic acids is 2. The Hall–Kier alpha value is -2.10. The minimum atomic E-state index is 0.321. The molecule has 1 aromatic rings. The van der Waals surface area contributed by atoms with Gasteiger partial charge in [0.1, 0.15) is 24.1 Å². The number of benzene rings is 1. The Labute approximate surface area is 99.8 Å². The van der Waals surface area contributed by atoms with Gasteiger partial charge in [0.2, 0.25) is 0 Å². The topological polar surface area (TPSA) is 52.6 Å². The third-order valence-electron chi connectivity index (χ3n) is 2.22. The van der Waals surface area contributed by atoms with Gasteiger partial charge in [0.25, 0.3) is 0 Å². The van der Waals surface area contributed by atoms with Crippen LogP contribution in [0.25, 0.3) is 6.08 Å². The Bertz CT molecular complexity index is 410. The van der Waals surface area contributed by atoms with Gasteiger partial charge < -0.3 is 14.3 Å². The molecule has 0 unspecified atom stereocenters. The Morgan fingerprint density at radius 2 is 1.71 bits per heavy atom. The van der Waals surface area contributed by atoms with Crippen LogP contribution in [0.1, 0.15) is 22.3 Å². The van der Waals surface area contributed by atoms with Crippen LogP contribution in [-0.4, -0.2) is 26.8 Å². The van der Waals surface area contributed by atoms with E-state index in [2.05, 4.69) is 0 Å². The first-order chi connectivity index (χ1) is 8.26. The maximum absolute atomic E-state index is 10.7. The van der Waals surface area contributed by atoms with Gasteiger partial charge in [-0.25, -0.2) is 0 Å². The quantitative estimate of drug-likeness (QED) is 0.707. The zero-order chi connectivity index (χ0) is 12.7. The summed E-state index contributed by atoms with van der Waals surface area (Å²) in [6.45, 7) is 0. The van der Waals surface area contributed by atoms with Crippen molar-refractivity contribution in [3.63, 3.8) is 0 Å². The van der Waals surface area contributed by atoms with Gasteiger partial charge in [-0.3, -0.25) is 4.79 Å². The average Bonchev–Trinajstić information content (AvgIpc) is 2.38. The zero-order valence-electron chi connectivity index (χ0n) is 9.80. The molecule has 1 aromatic carbocycles. The molecule has 1 rings (SSSR count). The van der Waals surface area contributed by atoms with Crippen LogP contribution in [0.15, 0.2) is 18.2 Å². The first-order valence-electron chi connectivity index (χ1n) is 5.08. The minimum absolute atomic E-state index is 0.321. The van der Waals surface area contributed by atoms with Gasteiger partial charge in [-0.2, -0.15) is 0 Å². The SMILES string of the molecule is COc1cc(C=O)cc(OC)c1C=CCC=O. The van der Waals surface area contributed by atoms with E-state index in [1.807, 2.05) is 0 Å². The molecule has 0 heterocycles. The first-order valence-corrected chi connectivity index (χ1v) is 5.08. The molecule has 0 amide bonds. The number of hydrogen-bond acceptors (Lipinski definition) is 4. The monoisotopic (exact) mass is 234 g/mol. The fourth-order valence-corrected chi connectivity index (χ4v) is 1.43. The van der Waals surface area contributed by atoms with E-state index in [-0.39, 0.29) is 0 Å². The van der Waals surface area contributed by atoms with E-state index in [0.717, 1.165) is 12.6 Å². The first kappa shape index (κ1) is 13.0. The summed E-state index contributed by atoms with van der Waals surface area (Å²) in [7, 11) is 3.03. The molecular weight excluding hydrogens is 220 g/mol. The predicted molar refractivity (Wildman–Crippen MR) is 64.6 cm³/mol. The number of allylic oxidation sites excluding steroid dienone is 1. The van der Waals surface area contributed by atoms with Crippen LogP contribution in [0.2, 0.25) is 0 Å². The largest absolute Gasteiger partial charge is 0.496 e. The van der Waals surface area contributed by atoms with Gasteiger partial charge in [-0.05, 0) is 12.1 Å². The van der Waals surface area contributed by atoms with Crippen molar-refractivity contribution in [3.8, 4) is 11.5 Å². The molecule has 0 atom stereocenters. The lowest BCUT2D eigenvalue weighted by atomic mass is 10.1. The van der Waals surface area contributed by atoms with Gasteiger partial charge >= 0.3 is 0 Å². The standard InChI is InChI=1S/C13H14O4/c1-16-12-7-10(9-15)8-13(17-2)11(12)5-3-4-6-14/h3,5-9H,4H2,1-2H3. The van der Waals surface area contributed by atoms with E-state index in [9.17, 15) is 9.59 Å². The smallest absolute Gasteiger partial charge is 0.150 e. The van der Waals surface area contributed by atoms with Crippen LogP contribution in [0.4, 0.5) is 0 Å². The highest BCUT2D eigenvalue weighted by molar-refractivity contribution is 5.80. The number of hydrogen-bond donors (Lipinski definition) is 0. The molecule has 0 N–H and O–H groups in total. The number of carbonyl (C=O) groups is 2. The number of methoxy groups -OCH3 is 2. The Morgan fingerprint density at radius 1 is 1.12 bits per heavy atom. The molecular formula is C13H14O4. The summed E-state index contributed by atoms with van der Waals surface area (Å²) in [5, 5.41) is 0. The summed E-state index contributed by atoms with van der Waals surface area (Å²) in [5.41, 5.74) is 1.19. The lowest BCUT2D eigenvalue weighted by molar-refractivity contribution is -0.107. The second-order valence-electron chi connectivity index (χ2n) is 3.26. The molecule has 0 aromatic heterocycles. The molecule has 0 aliphatic rings. The van der Waals surface area contributed by atoms with Gasteiger partial charge in [0.15, 0.2) is 0 Å². The number of ether oxygens (including phenoxy) is 2. The lowest BCUT2D eigenvalue weighted by Crippen LogP contribution is -1.95. The maximum Gasteiger partial charge on any atom is 0.150 e. The summed E-state index contributed by atoms with van der Waals surface area (Å²) in [6.07, 6.45) is 5.29. The normalized spacial score (nSPS) is 10.2. The van der Waals surface area contributed by atoms with Crippen LogP contribution in [-0.2, 0) is 4.79 Å². The number of aldehydes is 2. The Morgan fingerprint density at radius 3 is 2.12 bits per heavy atom. The molecule has 0 fully saturated rings. The van der Waals surface area contributed by atoms with E-state index < -0.39 is 0 Å². The average molecular weight is 234 g/mol. The summed E-state index contributed by atoms with van der Waals surface area (Å²) in [6, 6.07) is 3.24. The van der Waals surface area contributed by atoms with Crippen molar-refractivity contribution in [2.75, 3.05) is 14.2 Å². The molecule has 0 bridgehead atoms. The van der Waals surface area contributed by atoms with E-state index >= 15 is 0 Å². The van der Waals surface area contributed by atoms with Gasteiger partial charge in [0.05, 0.1) is 19.8 Å². The molecule has 0 spiro atoms. The van der Waals surface area contributed by atoms with Crippen LogP contribution < -0.4 is 9.47 Å². The maximum atomic E-state index is 10.7. The predicted octanol–water partition coefficient (Wildman–Crippen LogP) is 2.12. The van der Waals surface area contributed by atoms with Crippen LogP contribution >= 0.6 is 0 Å². The van der Waals surface area contributed by atoms with Crippen molar-refractivity contribution in [3.05, 3.63) is 29.3 Å². The molecule has 0 radical (unpaired) electrons. The van der Waals surface area contributed by atoms with Gasteiger partial charge in [-0.1, -0.05) is 12.2 Å². The number of rotatable bonds is 6. The molecule has 0 aliphatic carbocycles. The zero-order valence-corrected chi connectivity index (χ0v) is 9.80.